The molecular weight excluding hydrogens is 252 g/mol. The zero-order valence-electron chi connectivity index (χ0n) is 13.7. The Morgan fingerprint density at radius 1 is 1.19 bits per heavy atom. The molecule has 3 aliphatic rings. The van der Waals surface area contributed by atoms with Gasteiger partial charge in [-0.25, -0.2) is 0 Å². The molecule has 0 heteroatoms. The van der Waals surface area contributed by atoms with Crippen molar-refractivity contribution < 1.29 is 0 Å². The molecule has 112 valence electrons. The van der Waals surface area contributed by atoms with E-state index in [1.165, 1.54) is 25.7 Å². The van der Waals surface area contributed by atoms with Gasteiger partial charge in [-0.2, -0.15) is 0 Å². The fourth-order valence-corrected chi connectivity index (χ4v) is 6.16. The Balaban J connectivity index is 1.78. The SMILES string of the molecule is C=C1C(C)C[C@H]2[C@@H]3C(C)Cc4ccccc4[C@H]3CC[C@]12C. The van der Waals surface area contributed by atoms with E-state index < -0.39 is 0 Å². The monoisotopic (exact) mass is 280 g/mol. The molecule has 0 heterocycles. The Bertz CT molecular complexity index is 583. The summed E-state index contributed by atoms with van der Waals surface area (Å²) in [7, 11) is 0. The maximum absolute atomic E-state index is 4.50. The molecule has 0 nitrogen and oxygen atoms in total. The van der Waals surface area contributed by atoms with Crippen LogP contribution in [0.3, 0.4) is 0 Å². The first kappa shape index (κ1) is 13.6. The molecule has 3 aliphatic carbocycles. The normalized spacial score (nSPS) is 44.9. The van der Waals surface area contributed by atoms with Gasteiger partial charge in [-0.3, -0.25) is 0 Å². The minimum atomic E-state index is 0.418. The van der Waals surface area contributed by atoms with Gasteiger partial charge in [0, 0.05) is 0 Å². The van der Waals surface area contributed by atoms with Crippen molar-refractivity contribution in [3.8, 4) is 0 Å². The van der Waals surface area contributed by atoms with Crippen LogP contribution in [0.1, 0.15) is 57.1 Å². The van der Waals surface area contributed by atoms with Crippen molar-refractivity contribution in [2.75, 3.05) is 0 Å². The maximum Gasteiger partial charge on any atom is -0.00848 e. The van der Waals surface area contributed by atoms with E-state index >= 15 is 0 Å². The highest BCUT2D eigenvalue weighted by atomic mass is 14.6. The molecule has 0 radical (unpaired) electrons. The molecule has 0 N–H and O–H groups in total. The van der Waals surface area contributed by atoms with Crippen molar-refractivity contribution in [3.63, 3.8) is 0 Å². The topological polar surface area (TPSA) is 0 Å². The number of benzene rings is 1. The van der Waals surface area contributed by atoms with Crippen molar-refractivity contribution in [2.24, 2.45) is 29.1 Å². The van der Waals surface area contributed by atoms with Crippen LogP contribution in [0.4, 0.5) is 0 Å². The molecule has 1 aromatic carbocycles. The number of fused-ring (bicyclic) bond motifs is 5. The first-order valence-electron chi connectivity index (χ1n) is 8.79. The molecule has 0 aliphatic heterocycles. The molecule has 0 spiro atoms. The lowest BCUT2D eigenvalue weighted by atomic mass is 9.53. The lowest BCUT2D eigenvalue weighted by Gasteiger charge is -2.52. The molecule has 2 fully saturated rings. The quantitative estimate of drug-likeness (QED) is 0.543. The number of hydrogen-bond acceptors (Lipinski definition) is 0. The molecular formula is C21H28. The lowest BCUT2D eigenvalue weighted by Crippen LogP contribution is -2.43. The van der Waals surface area contributed by atoms with Gasteiger partial charge in [0.2, 0.25) is 0 Å². The van der Waals surface area contributed by atoms with Gasteiger partial charge in [-0.05, 0) is 71.8 Å². The minimum absolute atomic E-state index is 0.418. The van der Waals surface area contributed by atoms with Crippen molar-refractivity contribution in [3.05, 3.63) is 47.5 Å². The molecule has 1 aromatic rings. The van der Waals surface area contributed by atoms with Crippen molar-refractivity contribution >= 4 is 0 Å². The highest BCUT2D eigenvalue weighted by Gasteiger charge is 2.55. The first-order chi connectivity index (χ1) is 10.0. The number of allylic oxidation sites excluding steroid dienone is 1. The van der Waals surface area contributed by atoms with Crippen LogP contribution in [0.2, 0.25) is 0 Å². The summed E-state index contributed by atoms with van der Waals surface area (Å²) in [5, 5.41) is 0. The molecule has 0 saturated heterocycles. The standard InChI is InChI=1S/C21H28/c1-13-12-19-20-14(2)11-16-7-5-6-8-17(16)18(20)9-10-21(19,4)15(13)3/h5-8,13-14,18-20H,3,9-12H2,1-2,4H3/t13?,14?,18-,19+,20-,21-/m1/s1. The van der Waals surface area contributed by atoms with Gasteiger partial charge in [0.25, 0.3) is 0 Å². The Kier molecular flexibility index (Phi) is 2.90. The fourth-order valence-electron chi connectivity index (χ4n) is 6.16. The van der Waals surface area contributed by atoms with E-state index in [1.807, 2.05) is 0 Å². The van der Waals surface area contributed by atoms with Gasteiger partial charge in [-0.1, -0.05) is 57.2 Å². The molecule has 0 bridgehead atoms. The van der Waals surface area contributed by atoms with E-state index in [0.29, 0.717) is 5.41 Å². The summed E-state index contributed by atoms with van der Waals surface area (Å²) >= 11 is 0. The predicted octanol–water partition coefficient (Wildman–Crippen LogP) is 5.59. The third kappa shape index (κ3) is 1.74. The third-order valence-corrected chi connectivity index (χ3v) is 7.31. The summed E-state index contributed by atoms with van der Waals surface area (Å²) in [4.78, 5) is 0. The molecule has 0 amide bonds. The number of rotatable bonds is 0. The van der Waals surface area contributed by atoms with E-state index in [0.717, 1.165) is 29.6 Å². The lowest BCUT2D eigenvalue weighted by molar-refractivity contribution is 0.0486. The van der Waals surface area contributed by atoms with Gasteiger partial charge in [0.05, 0.1) is 0 Å². The van der Waals surface area contributed by atoms with Gasteiger partial charge < -0.3 is 0 Å². The third-order valence-electron chi connectivity index (χ3n) is 7.31. The van der Waals surface area contributed by atoms with Crippen molar-refractivity contribution in [2.45, 2.75) is 52.4 Å². The summed E-state index contributed by atoms with van der Waals surface area (Å²) in [6, 6.07) is 9.25. The average Bonchev–Trinajstić information content (AvgIpc) is 2.70. The highest BCUT2D eigenvalue weighted by molar-refractivity contribution is 5.37. The maximum atomic E-state index is 4.50. The molecule has 4 rings (SSSR count). The van der Waals surface area contributed by atoms with Gasteiger partial charge in [0.15, 0.2) is 0 Å². The Morgan fingerprint density at radius 3 is 2.76 bits per heavy atom. The Morgan fingerprint density at radius 2 is 1.95 bits per heavy atom. The van der Waals surface area contributed by atoms with E-state index in [4.69, 9.17) is 0 Å². The van der Waals surface area contributed by atoms with Crippen LogP contribution in [0.15, 0.2) is 36.4 Å². The van der Waals surface area contributed by atoms with Crippen LogP contribution in [0, 0.1) is 29.1 Å². The van der Waals surface area contributed by atoms with Crippen LogP contribution in [-0.4, -0.2) is 0 Å². The second-order valence-electron chi connectivity index (χ2n) is 8.29. The smallest absolute Gasteiger partial charge is 0.00848 e. The molecule has 0 aromatic heterocycles. The van der Waals surface area contributed by atoms with E-state index in [1.54, 1.807) is 16.7 Å². The van der Waals surface area contributed by atoms with Gasteiger partial charge in [-0.15, -0.1) is 0 Å². The minimum Gasteiger partial charge on any atom is -0.0990 e. The number of hydrogen-bond donors (Lipinski definition) is 0. The predicted molar refractivity (Wildman–Crippen MR) is 89.3 cm³/mol. The van der Waals surface area contributed by atoms with E-state index in [2.05, 4.69) is 51.6 Å². The Labute approximate surface area is 129 Å². The largest absolute Gasteiger partial charge is 0.0990 e. The van der Waals surface area contributed by atoms with Crippen LogP contribution in [0.25, 0.3) is 0 Å². The summed E-state index contributed by atoms with van der Waals surface area (Å²) in [6.45, 7) is 11.9. The van der Waals surface area contributed by atoms with E-state index in [-0.39, 0.29) is 0 Å². The summed E-state index contributed by atoms with van der Waals surface area (Å²) < 4.78 is 0. The van der Waals surface area contributed by atoms with Crippen molar-refractivity contribution in [1.82, 2.24) is 0 Å². The van der Waals surface area contributed by atoms with Crippen LogP contribution < -0.4 is 0 Å². The molecule has 21 heavy (non-hydrogen) atoms. The van der Waals surface area contributed by atoms with Crippen molar-refractivity contribution in [1.29, 1.82) is 0 Å². The van der Waals surface area contributed by atoms with Crippen LogP contribution >= 0.6 is 0 Å². The second-order valence-corrected chi connectivity index (χ2v) is 8.29. The van der Waals surface area contributed by atoms with Gasteiger partial charge in [0.1, 0.15) is 0 Å². The summed E-state index contributed by atoms with van der Waals surface area (Å²) in [5.41, 5.74) is 5.27. The second kappa shape index (κ2) is 4.48. The van der Waals surface area contributed by atoms with Crippen LogP contribution in [0.5, 0.6) is 0 Å². The summed E-state index contributed by atoms with van der Waals surface area (Å²) in [5.74, 6) is 4.10. The summed E-state index contributed by atoms with van der Waals surface area (Å²) in [6.07, 6.45) is 5.38. The zero-order valence-corrected chi connectivity index (χ0v) is 13.7. The van der Waals surface area contributed by atoms with E-state index in [9.17, 15) is 0 Å². The molecule has 6 atom stereocenters. The Hall–Kier alpha value is -1.04. The first-order valence-corrected chi connectivity index (χ1v) is 8.79. The average molecular weight is 280 g/mol. The molecule has 2 saturated carbocycles. The zero-order chi connectivity index (χ0) is 14.8. The highest BCUT2D eigenvalue weighted by Crippen LogP contribution is 2.64. The molecule has 2 unspecified atom stereocenters. The van der Waals surface area contributed by atoms with Crippen LogP contribution in [-0.2, 0) is 6.42 Å². The van der Waals surface area contributed by atoms with Gasteiger partial charge >= 0.3 is 0 Å². The fraction of sp³-hybridized carbons (Fsp3) is 0.619.